The molecule has 0 aliphatic carbocycles. The third-order valence-corrected chi connectivity index (χ3v) is 2.68. The lowest BCUT2D eigenvalue weighted by molar-refractivity contribution is 0.0875. The van der Waals surface area contributed by atoms with Crippen molar-refractivity contribution in [3.05, 3.63) is 35.9 Å². The van der Waals surface area contributed by atoms with E-state index in [2.05, 4.69) is 30.1 Å². The number of carbonyl (C=O) groups is 1. The average Bonchev–Trinajstić information content (AvgIpc) is 2.31. The van der Waals surface area contributed by atoms with Gasteiger partial charge in [-0.1, -0.05) is 26.0 Å². The van der Waals surface area contributed by atoms with Gasteiger partial charge < -0.3 is 5.32 Å². The Morgan fingerprint density at radius 1 is 1.38 bits per heavy atom. The van der Waals surface area contributed by atoms with E-state index in [0.29, 0.717) is 5.56 Å². The molecule has 0 fully saturated rings. The van der Waals surface area contributed by atoms with Gasteiger partial charge in [-0.3, -0.25) is 9.69 Å². The standard InChI is InChI=1S/C13H19N2O/c1-4-15(5-2)11(3)14-13(16)12-9-7-6-8-10-12/h7-11H,4-5H2,1-3H3,(H,14,16). The fraction of sp³-hybridized carbons (Fsp3) is 0.462. The second kappa shape index (κ2) is 6.28. The van der Waals surface area contributed by atoms with Crippen LogP contribution in [0.1, 0.15) is 31.1 Å². The highest BCUT2D eigenvalue weighted by molar-refractivity contribution is 5.94. The third-order valence-electron chi connectivity index (χ3n) is 2.68. The second-order valence-electron chi connectivity index (χ2n) is 3.66. The third kappa shape index (κ3) is 3.35. The van der Waals surface area contributed by atoms with E-state index >= 15 is 0 Å². The Morgan fingerprint density at radius 3 is 2.44 bits per heavy atom. The first-order chi connectivity index (χ1) is 7.69. The molecule has 0 saturated carbocycles. The summed E-state index contributed by atoms with van der Waals surface area (Å²) in [7, 11) is 0. The molecule has 0 heterocycles. The van der Waals surface area contributed by atoms with Crippen molar-refractivity contribution in [2.75, 3.05) is 13.1 Å². The van der Waals surface area contributed by atoms with Gasteiger partial charge >= 0.3 is 0 Å². The van der Waals surface area contributed by atoms with E-state index in [1.54, 1.807) is 24.3 Å². The summed E-state index contributed by atoms with van der Waals surface area (Å²) in [5.74, 6) is -0.0339. The maximum absolute atomic E-state index is 11.8. The van der Waals surface area contributed by atoms with Crippen LogP contribution in [0, 0.1) is 6.07 Å². The number of benzene rings is 1. The molecule has 1 amide bonds. The molecule has 16 heavy (non-hydrogen) atoms. The molecule has 1 rings (SSSR count). The molecule has 1 atom stereocenters. The summed E-state index contributed by atoms with van der Waals surface area (Å²) >= 11 is 0. The molecule has 1 N–H and O–H groups in total. The van der Waals surface area contributed by atoms with E-state index in [-0.39, 0.29) is 12.1 Å². The van der Waals surface area contributed by atoms with Gasteiger partial charge in [0, 0.05) is 5.56 Å². The molecule has 1 radical (unpaired) electrons. The van der Waals surface area contributed by atoms with Crippen LogP contribution in [0.2, 0.25) is 0 Å². The number of rotatable bonds is 5. The zero-order valence-corrected chi connectivity index (χ0v) is 10.2. The van der Waals surface area contributed by atoms with Crippen molar-refractivity contribution >= 4 is 5.91 Å². The Bertz CT molecular complexity index is 320. The predicted molar refractivity (Wildman–Crippen MR) is 65.1 cm³/mol. The summed E-state index contributed by atoms with van der Waals surface area (Å²) in [6, 6.07) is 9.93. The minimum absolute atomic E-state index is 0.0339. The quantitative estimate of drug-likeness (QED) is 0.767. The van der Waals surface area contributed by atoms with Crippen LogP contribution in [0.5, 0.6) is 0 Å². The fourth-order valence-corrected chi connectivity index (χ4v) is 1.67. The van der Waals surface area contributed by atoms with Crippen LogP contribution in [-0.2, 0) is 0 Å². The van der Waals surface area contributed by atoms with Crippen molar-refractivity contribution in [3.63, 3.8) is 0 Å². The van der Waals surface area contributed by atoms with Crippen LogP contribution in [0.4, 0.5) is 0 Å². The van der Waals surface area contributed by atoms with E-state index in [1.807, 2.05) is 6.92 Å². The Labute approximate surface area is 97.5 Å². The smallest absolute Gasteiger partial charge is 0.252 e. The largest absolute Gasteiger partial charge is 0.337 e. The molecule has 3 nitrogen and oxygen atoms in total. The second-order valence-corrected chi connectivity index (χ2v) is 3.66. The molecule has 3 heteroatoms. The maximum atomic E-state index is 11.8. The molecule has 0 saturated heterocycles. The number of nitrogens with one attached hydrogen (secondary N) is 1. The lowest BCUT2D eigenvalue weighted by atomic mass is 10.2. The van der Waals surface area contributed by atoms with E-state index in [0.717, 1.165) is 13.1 Å². The highest BCUT2D eigenvalue weighted by Gasteiger charge is 2.13. The predicted octanol–water partition coefficient (Wildman–Crippen LogP) is 1.90. The van der Waals surface area contributed by atoms with Crippen molar-refractivity contribution < 1.29 is 4.79 Å². The van der Waals surface area contributed by atoms with Gasteiger partial charge in [0.1, 0.15) is 0 Å². The normalized spacial score (nSPS) is 12.5. The number of nitrogens with zero attached hydrogens (tertiary/aromatic N) is 1. The summed E-state index contributed by atoms with van der Waals surface area (Å²) in [4.78, 5) is 14.0. The first kappa shape index (κ1) is 12.7. The minimum Gasteiger partial charge on any atom is -0.337 e. The molecule has 0 spiro atoms. The van der Waals surface area contributed by atoms with Gasteiger partial charge in [0.05, 0.1) is 6.17 Å². The summed E-state index contributed by atoms with van der Waals surface area (Å²) < 4.78 is 0. The first-order valence-corrected chi connectivity index (χ1v) is 5.70. The SMILES string of the molecule is CCN(CC)C(C)NC(=O)c1cc[c]cc1. The molecule has 0 aliphatic rings. The van der Waals surface area contributed by atoms with Gasteiger partial charge in [-0.05, 0) is 38.2 Å². The number of amides is 1. The molecule has 87 valence electrons. The Balaban J connectivity index is 2.58. The Kier molecular flexibility index (Phi) is 4.99. The van der Waals surface area contributed by atoms with Gasteiger partial charge in [0.2, 0.25) is 0 Å². The van der Waals surface area contributed by atoms with E-state index in [9.17, 15) is 4.79 Å². The minimum atomic E-state index is -0.0339. The number of carbonyl (C=O) groups excluding carboxylic acids is 1. The van der Waals surface area contributed by atoms with E-state index < -0.39 is 0 Å². The Morgan fingerprint density at radius 2 is 1.94 bits per heavy atom. The maximum Gasteiger partial charge on any atom is 0.252 e. The molecule has 0 bridgehead atoms. The zero-order valence-electron chi connectivity index (χ0n) is 10.2. The molecular weight excluding hydrogens is 200 g/mol. The van der Waals surface area contributed by atoms with Crippen LogP contribution < -0.4 is 5.32 Å². The fourth-order valence-electron chi connectivity index (χ4n) is 1.67. The van der Waals surface area contributed by atoms with Gasteiger partial charge in [-0.15, -0.1) is 0 Å². The van der Waals surface area contributed by atoms with Crippen LogP contribution in [0.3, 0.4) is 0 Å². The van der Waals surface area contributed by atoms with Crippen LogP contribution in [0.25, 0.3) is 0 Å². The molecule has 1 aromatic carbocycles. The van der Waals surface area contributed by atoms with E-state index in [1.165, 1.54) is 0 Å². The highest BCUT2D eigenvalue weighted by atomic mass is 16.1. The lowest BCUT2D eigenvalue weighted by Crippen LogP contribution is -2.46. The Hall–Kier alpha value is -1.35. The van der Waals surface area contributed by atoms with E-state index in [4.69, 9.17) is 0 Å². The number of hydrogen-bond acceptors (Lipinski definition) is 2. The average molecular weight is 219 g/mol. The monoisotopic (exact) mass is 219 g/mol. The van der Waals surface area contributed by atoms with Gasteiger partial charge in [0.15, 0.2) is 0 Å². The zero-order chi connectivity index (χ0) is 12.0. The van der Waals surface area contributed by atoms with Crippen LogP contribution >= 0.6 is 0 Å². The molecule has 1 aromatic rings. The first-order valence-electron chi connectivity index (χ1n) is 5.70. The van der Waals surface area contributed by atoms with Crippen molar-refractivity contribution in [1.82, 2.24) is 10.2 Å². The van der Waals surface area contributed by atoms with Gasteiger partial charge in [-0.2, -0.15) is 0 Å². The van der Waals surface area contributed by atoms with Crippen molar-refractivity contribution in [3.8, 4) is 0 Å². The van der Waals surface area contributed by atoms with Gasteiger partial charge in [0.25, 0.3) is 5.91 Å². The summed E-state index contributed by atoms with van der Waals surface area (Å²) in [5, 5.41) is 2.97. The molecule has 0 aliphatic heterocycles. The van der Waals surface area contributed by atoms with Crippen molar-refractivity contribution in [2.24, 2.45) is 0 Å². The summed E-state index contributed by atoms with van der Waals surface area (Å²) in [6.07, 6.45) is 0.0617. The van der Waals surface area contributed by atoms with Crippen molar-refractivity contribution in [1.29, 1.82) is 0 Å². The molecule has 1 unspecified atom stereocenters. The van der Waals surface area contributed by atoms with Gasteiger partial charge in [-0.25, -0.2) is 0 Å². The molecule has 0 aromatic heterocycles. The summed E-state index contributed by atoms with van der Waals surface area (Å²) in [5.41, 5.74) is 0.678. The molecular formula is C13H19N2O. The highest BCUT2D eigenvalue weighted by Crippen LogP contribution is 2.00. The van der Waals surface area contributed by atoms with Crippen LogP contribution in [0.15, 0.2) is 24.3 Å². The summed E-state index contributed by atoms with van der Waals surface area (Å²) in [6.45, 7) is 8.04. The topological polar surface area (TPSA) is 32.3 Å². The van der Waals surface area contributed by atoms with Crippen LogP contribution in [-0.4, -0.2) is 30.1 Å². The lowest BCUT2D eigenvalue weighted by Gasteiger charge is -2.27. The number of hydrogen-bond donors (Lipinski definition) is 1. The van der Waals surface area contributed by atoms with Crippen molar-refractivity contribution in [2.45, 2.75) is 26.9 Å².